The number of rotatable bonds is 3. The van der Waals surface area contributed by atoms with E-state index in [0.29, 0.717) is 16.9 Å². The number of hydrogen-bond donors (Lipinski definition) is 3. The maximum atomic E-state index is 13.2. The molecule has 0 aliphatic heterocycles. The minimum Gasteiger partial charge on any atom is -0.506 e. The minimum absolute atomic E-state index is 0.0112. The molecule has 5 nitrogen and oxygen atoms in total. The maximum absolute atomic E-state index is 13.2. The van der Waals surface area contributed by atoms with Gasteiger partial charge in [-0.25, -0.2) is 18.7 Å². The SMILES string of the molecule is Nc1cc(-c2ccnc(Nc3ccc(F)c(F)c3)n2)ccc1O. The number of hydrogen-bond acceptors (Lipinski definition) is 5. The van der Waals surface area contributed by atoms with Crippen molar-refractivity contribution in [1.82, 2.24) is 9.97 Å². The van der Waals surface area contributed by atoms with Gasteiger partial charge in [-0.05, 0) is 36.4 Å². The third-order valence-corrected chi connectivity index (χ3v) is 3.15. The first-order chi connectivity index (χ1) is 11.0. The third-order valence-electron chi connectivity index (χ3n) is 3.15. The van der Waals surface area contributed by atoms with Crippen molar-refractivity contribution < 1.29 is 13.9 Å². The van der Waals surface area contributed by atoms with Gasteiger partial charge in [-0.3, -0.25) is 0 Å². The zero-order valence-corrected chi connectivity index (χ0v) is 11.8. The van der Waals surface area contributed by atoms with Crippen molar-refractivity contribution in [2.24, 2.45) is 0 Å². The van der Waals surface area contributed by atoms with E-state index in [1.165, 1.54) is 18.3 Å². The van der Waals surface area contributed by atoms with E-state index in [9.17, 15) is 13.9 Å². The van der Waals surface area contributed by atoms with Crippen molar-refractivity contribution in [2.45, 2.75) is 0 Å². The molecule has 3 rings (SSSR count). The lowest BCUT2D eigenvalue weighted by Crippen LogP contribution is -1.99. The van der Waals surface area contributed by atoms with Crippen molar-refractivity contribution in [3.63, 3.8) is 0 Å². The van der Waals surface area contributed by atoms with Crippen LogP contribution in [0.25, 0.3) is 11.3 Å². The summed E-state index contributed by atoms with van der Waals surface area (Å²) >= 11 is 0. The van der Waals surface area contributed by atoms with Crippen LogP contribution in [0, 0.1) is 11.6 Å². The molecule has 1 aromatic heterocycles. The molecule has 1 heterocycles. The molecule has 0 amide bonds. The van der Waals surface area contributed by atoms with Gasteiger partial charge in [-0.1, -0.05) is 0 Å². The van der Waals surface area contributed by atoms with Gasteiger partial charge in [0.2, 0.25) is 5.95 Å². The second-order valence-electron chi connectivity index (χ2n) is 4.79. The standard InChI is InChI=1S/C16H12F2N4O/c17-11-3-2-10(8-12(11)18)21-16-20-6-5-14(22-16)9-1-4-15(23)13(19)7-9/h1-8,23H,19H2,(H,20,21,22). The van der Waals surface area contributed by atoms with Crippen LogP contribution < -0.4 is 11.1 Å². The quantitative estimate of drug-likeness (QED) is 0.509. The molecule has 0 fully saturated rings. The summed E-state index contributed by atoms with van der Waals surface area (Å²) in [5.41, 5.74) is 7.48. The Labute approximate surface area is 130 Å². The molecular weight excluding hydrogens is 302 g/mol. The van der Waals surface area contributed by atoms with Crippen molar-refractivity contribution in [2.75, 3.05) is 11.1 Å². The van der Waals surface area contributed by atoms with Crippen LogP contribution in [0.2, 0.25) is 0 Å². The second kappa shape index (κ2) is 5.88. The number of benzene rings is 2. The number of aromatic nitrogens is 2. The molecule has 0 aliphatic rings. The Bertz CT molecular complexity index is 870. The third kappa shape index (κ3) is 3.18. The fourth-order valence-electron chi connectivity index (χ4n) is 2.00. The predicted octanol–water partition coefficient (Wildman–Crippen LogP) is 3.45. The van der Waals surface area contributed by atoms with Gasteiger partial charge in [0, 0.05) is 23.5 Å². The van der Waals surface area contributed by atoms with Crippen LogP contribution in [0.3, 0.4) is 0 Å². The lowest BCUT2D eigenvalue weighted by Gasteiger charge is -2.08. The van der Waals surface area contributed by atoms with E-state index in [2.05, 4.69) is 15.3 Å². The maximum Gasteiger partial charge on any atom is 0.227 e. The fourth-order valence-corrected chi connectivity index (χ4v) is 2.00. The fraction of sp³-hybridized carbons (Fsp3) is 0. The summed E-state index contributed by atoms with van der Waals surface area (Å²) in [5, 5.41) is 12.3. The van der Waals surface area contributed by atoms with Crippen molar-refractivity contribution in [3.05, 3.63) is 60.3 Å². The number of anilines is 3. The highest BCUT2D eigenvalue weighted by molar-refractivity contribution is 5.68. The molecule has 0 bridgehead atoms. The highest BCUT2D eigenvalue weighted by atomic mass is 19.2. The van der Waals surface area contributed by atoms with Gasteiger partial charge in [0.1, 0.15) is 5.75 Å². The van der Waals surface area contributed by atoms with Crippen molar-refractivity contribution in [3.8, 4) is 17.0 Å². The van der Waals surface area contributed by atoms with Crippen LogP contribution >= 0.6 is 0 Å². The van der Waals surface area contributed by atoms with E-state index < -0.39 is 11.6 Å². The lowest BCUT2D eigenvalue weighted by atomic mass is 10.1. The van der Waals surface area contributed by atoms with Crippen LogP contribution in [0.5, 0.6) is 5.75 Å². The Balaban J connectivity index is 1.90. The number of nitrogens with one attached hydrogen (secondary N) is 1. The van der Waals surface area contributed by atoms with Crippen molar-refractivity contribution >= 4 is 17.3 Å². The zero-order valence-electron chi connectivity index (χ0n) is 11.8. The molecule has 0 saturated carbocycles. The lowest BCUT2D eigenvalue weighted by molar-refractivity contribution is 0.478. The molecule has 116 valence electrons. The first-order valence-electron chi connectivity index (χ1n) is 6.67. The van der Waals surface area contributed by atoms with Gasteiger partial charge in [0.15, 0.2) is 11.6 Å². The number of halogens is 2. The predicted molar refractivity (Wildman–Crippen MR) is 83.2 cm³/mol. The number of nitrogen functional groups attached to an aromatic ring is 1. The monoisotopic (exact) mass is 314 g/mol. The molecule has 0 unspecified atom stereocenters. The van der Waals surface area contributed by atoms with Crippen LogP contribution in [-0.4, -0.2) is 15.1 Å². The van der Waals surface area contributed by atoms with E-state index in [1.807, 2.05) is 0 Å². The first-order valence-corrected chi connectivity index (χ1v) is 6.67. The Morgan fingerprint density at radius 3 is 2.57 bits per heavy atom. The summed E-state index contributed by atoms with van der Waals surface area (Å²) in [4.78, 5) is 8.32. The van der Waals surface area contributed by atoms with E-state index in [4.69, 9.17) is 5.73 Å². The summed E-state index contributed by atoms with van der Waals surface area (Å²) in [6.07, 6.45) is 1.52. The number of phenolic OH excluding ortho intramolecular Hbond substituents is 1. The molecule has 0 radical (unpaired) electrons. The van der Waals surface area contributed by atoms with E-state index in [-0.39, 0.29) is 17.4 Å². The van der Waals surface area contributed by atoms with Crippen LogP contribution in [0.4, 0.5) is 26.1 Å². The van der Waals surface area contributed by atoms with E-state index in [1.54, 1.807) is 18.2 Å². The van der Waals surface area contributed by atoms with E-state index >= 15 is 0 Å². The molecular formula is C16H12F2N4O. The number of phenols is 1. The normalized spacial score (nSPS) is 10.5. The Morgan fingerprint density at radius 1 is 1.00 bits per heavy atom. The van der Waals surface area contributed by atoms with Gasteiger partial charge < -0.3 is 16.2 Å². The van der Waals surface area contributed by atoms with Crippen molar-refractivity contribution in [1.29, 1.82) is 0 Å². The van der Waals surface area contributed by atoms with Crippen LogP contribution in [-0.2, 0) is 0 Å². The molecule has 0 aliphatic carbocycles. The van der Waals surface area contributed by atoms with Crippen LogP contribution in [0.15, 0.2) is 48.7 Å². The molecule has 4 N–H and O–H groups in total. The second-order valence-corrected chi connectivity index (χ2v) is 4.79. The van der Waals surface area contributed by atoms with Gasteiger partial charge in [-0.15, -0.1) is 0 Å². The van der Waals surface area contributed by atoms with Gasteiger partial charge in [-0.2, -0.15) is 0 Å². The summed E-state index contributed by atoms with van der Waals surface area (Å²) in [6, 6.07) is 9.80. The Kier molecular flexibility index (Phi) is 3.76. The summed E-state index contributed by atoms with van der Waals surface area (Å²) < 4.78 is 26.1. The Morgan fingerprint density at radius 2 is 1.83 bits per heavy atom. The highest BCUT2D eigenvalue weighted by Crippen LogP contribution is 2.27. The molecule has 2 aromatic carbocycles. The molecule has 23 heavy (non-hydrogen) atoms. The first kappa shape index (κ1) is 14.7. The largest absolute Gasteiger partial charge is 0.506 e. The minimum atomic E-state index is -0.961. The van der Waals surface area contributed by atoms with Gasteiger partial charge >= 0.3 is 0 Å². The molecule has 0 spiro atoms. The molecule has 0 saturated heterocycles. The topological polar surface area (TPSA) is 84.1 Å². The average Bonchev–Trinajstić information content (AvgIpc) is 2.54. The summed E-state index contributed by atoms with van der Waals surface area (Å²) in [7, 11) is 0. The molecule has 3 aromatic rings. The van der Waals surface area contributed by atoms with Gasteiger partial charge in [0.05, 0.1) is 11.4 Å². The number of aromatic hydroxyl groups is 1. The van der Waals surface area contributed by atoms with E-state index in [0.717, 1.165) is 12.1 Å². The average molecular weight is 314 g/mol. The Hall–Kier alpha value is -3.22. The number of nitrogens with zero attached hydrogens (tertiary/aromatic N) is 2. The van der Waals surface area contributed by atoms with Crippen LogP contribution in [0.1, 0.15) is 0 Å². The summed E-state index contributed by atoms with van der Waals surface area (Å²) in [6.45, 7) is 0. The molecule has 0 atom stereocenters. The summed E-state index contributed by atoms with van der Waals surface area (Å²) in [5.74, 6) is -1.68. The number of nitrogens with two attached hydrogens (primary N) is 1. The van der Waals surface area contributed by atoms with Gasteiger partial charge in [0.25, 0.3) is 0 Å². The molecule has 7 heteroatoms. The highest BCUT2D eigenvalue weighted by Gasteiger charge is 2.07. The zero-order chi connectivity index (χ0) is 16.4. The smallest absolute Gasteiger partial charge is 0.227 e.